The molecule has 0 atom stereocenters. The molecule has 0 radical (unpaired) electrons. The lowest BCUT2D eigenvalue weighted by Crippen LogP contribution is -2.00. The quantitative estimate of drug-likeness (QED) is 0.821. The summed E-state index contributed by atoms with van der Waals surface area (Å²) in [6, 6.07) is 10.2. The molecule has 2 aromatic rings. The summed E-state index contributed by atoms with van der Waals surface area (Å²) in [7, 11) is 0. The minimum absolute atomic E-state index is 0.111. The van der Waals surface area contributed by atoms with Gasteiger partial charge in [-0.3, -0.25) is 4.79 Å². The maximum atomic E-state index is 10.9. The molecule has 1 aliphatic rings. The van der Waals surface area contributed by atoms with E-state index >= 15 is 0 Å². The van der Waals surface area contributed by atoms with Gasteiger partial charge in [0.05, 0.1) is 17.9 Å². The second kappa shape index (κ2) is 5.97. The van der Waals surface area contributed by atoms with Crippen LogP contribution in [-0.4, -0.2) is 16.1 Å². The molecule has 20 heavy (non-hydrogen) atoms. The smallest absolute Gasteiger partial charge is 0.308 e. The molecule has 0 amide bonds. The lowest BCUT2D eigenvalue weighted by molar-refractivity contribution is -0.136. The van der Waals surface area contributed by atoms with Gasteiger partial charge in [0.15, 0.2) is 0 Å². The van der Waals surface area contributed by atoms with Crippen LogP contribution in [0.5, 0.6) is 0 Å². The first-order valence-electron chi connectivity index (χ1n) is 6.60. The first-order chi connectivity index (χ1) is 9.72. The summed E-state index contributed by atoms with van der Waals surface area (Å²) in [6.45, 7) is 0. The normalized spacial score (nSPS) is 14.4. The number of aromatic nitrogens is 1. The highest BCUT2D eigenvalue weighted by atomic mass is 32.2. The predicted octanol–water partition coefficient (Wildman–Crippen LogP) is 3.94. The number of benzene rings is 1. The van der Waals surface area contributed by atoms with E-state index in [1.807, 2.05) is 18.2 Å². The van der Waals surface area contributed by atoms with Gasteiger partial charge < -0.3 is 5.11 Å². The Balaban J connectivity index is 1.71. The molecule has 1 aromatic carbocycles. The lowest BCUT2D eigenvalue weighted by atomic mass is 10.2. The Morgan fingerprint density at radius 1 is 1.35 bits per heavy atom. The van der Waals surface area contributed by atoms with E-state index in [0.717, 1.165) is 34.2 Å². The number of carbonyl (C=O) groups is 1. The highest BCUT2D eigenvalue weighted by Crippen LogP contribution is 2.43. The molecule has 1 aliphatic carbocycles. The van der Waals surface area contributed by atoms with Gasteiger partial charge in [0, 0.05) is 15.7 Å². The zero-order valence-corrected chi connectivity index (χ0v) is 12.5. The van der Waals surface area contributed by atoms with Crippen LogP contribution in [-0.2, 0) is 17.0 Å². The number of nitrogens with zero attached hydrogens (tertiary/aromatic N) is 1. The molecule has 104 valence electrons. The van der Waals surface area contributed by atoms with E-state index < -0.39 is 5.97 Å². The molecule has 1 heterocycles. The predicted molar refractivity (Wildman–Crippen MR) is 81.4 cm³/mol. The van der Waals surface area contributed by atoms with E-state index in [4.69, 9.17) is 5.11 Å². The first kappa shape index (κ1) is 13.6. The van der Waals surface area contributed by atoms with Crippen LogP contribution in [0.3, 0.4) is 0 Å². The Kier molecular flexibility index (Phi) is 4.08. The molecule has 3 rings (SSSR count). The molecule has 1 N–H and O–H groups in total. The molecule has 0 spiro atoms. The van der Waals surface area contributed by atoms with E-state index in [-0.39, 0.29) is 6.42 Å². The van der Waals surface area contributed by atoms with Gasteiger partial charge in [0.2, 0.25) is 0 Å². The fourth-order valence-electron chi connectivity index (χ4n) is 2.08. The van der Waals surface area contributed by atoms with Gasteiger partial charge in [-0.25, -0.2) is 4.98 Å². The molecule has 0 aliphatic heterocycles. The second-order valence-electron chi connectivity index (χ2n) is 4.86. The van der Waals surface area contributed by atoms with Gasteiger partial charge in [0.1, 0.15) is 5.01 Å². The second-order valence-corrected chi connectivity index (χ2v) is 7.08. The van der Waals surface area contributed by atoms with Crippen LogP contribution in [0.4, 0.5) is 0 Å². The SMILES string of the molecule is O=C(O)Cc1sc(CSc2ccccc2)nc1C1CC1. The van der Waals surface area contributed by atoms with Crippen molar-refractivity contribution in [2.45, 2.75) is 35.8 Å². The van der Waals surface area contributed by atoms with Gasteiger partial charge in [-0.2, -0.15) is 0 Å². The number of carboxylic acids is 1. The summed E-state index contributed by atoms with van der Waals surface area (Å²) >= 11 is 3.31. The van der Waals surface area contributed by atoms with Gasteiger partial charge in [0.25, 0.3) is 0 Å². The van der Waals surface area contributed by atoms with Crippen LogP contribution in [0.1, 0.15) is 34.3 Å². The largest absolute Gasteiger partial charge is 0.481 e. The molecule has 0 saturated heterocycles. The third-order valence-electron chi connectivity index (χ3n) is 3.15. The summed E-state index contributed by atoms with van der Waals surface area (Å²) in [4.78, 5) is 17.8. The molecule has 3 nitrogen and oxygen atoms in total. The summed E-state index contributed by atoms with van der Waals surface area (Å²) < 4.78 is 0. The van der Waals surface area contributed by atoms with E-state index in [1.165, 1.54) is 4.90 Å². The van der Waals surface area contributed by atoms with Crippen LogP contribution in [0, 0.1) is 0 Å². The molecular weight excluding hydrogens is 290 g/mol. The molecule has 0 bridgehead atoms. The number of hydrogen-bond donors (Lipinski definition) is 1. The Labute approximate surface area is 126 Å². The van der Waals surface area contributed by atoms with Crippen molar-refractivity contribution in [3.8, 4) is 0 Å². The lowest BCUT2D eigenvalue weighted by Gasteiger charge is -1.97. The fraction of sp³-hybridized carbons (Fsp3) is 0.333. The highest BCUT2D eigenvalue weighted by molar-refractivity contribution is 7.98. The molecule has 5 heteroatoms. The van der Waals surface area contributed by atoms with Crippen LogP contribution in [0.15, 0.2) is 35.2 Å². The van der Waals surface area contributed by atoms with E-state index in [1.54, 1.807) is 23.1 Å². The van der Waals surface area contributed by atoms with Crippen molar-refractivity contribution in [2.75, 3.05) is 0 Å². The van der Waals surface area contributed by atoms with E-state index in [9.17, 15) is 4.79 Å². The Hall–Kier alpha value is -1.33. The highest BCUT2D eigenvalue weighted by Gasteiger charge is 2.30. The van der Waals surface area contributed by atoms with Crippen molar-refractivity contribution in [3.05, 3.63) is 45.9 Å². The number of rotatable bonds is 6. The van der Waals surface area contributed by atoms with Crippen molar-refractivity contribution in [2.24, 2.45) is 0 Å². The number of hydrogen-bond acceptors (Lipinski definition) is 4. The standard InChI is InChI=1S/C15H15NO2S2/c17-14(18)8-12-15(10-6-7-10)16-13(20-12)9-19-11-4-2-1-3-5-11/h1-5,10H,6-9H2,(H,17,18). The van der Waals surface area contributed by atoms with Gasteiger partial charge in [-0.05, 0) is 25.0 Å². The Bertz CT molecular complexity index is 606. The van der Waals surface area contributed by atoms with Crippen molar-refractivity contribution in [3.63, 3.8) is 0 Å². The molecular formula is C15H15NO2S2. The fourth-order valence-corrected chi connectivity index (χ4v) is 4.13. The van der Waals surface area contributed by atoms with Crippen LogP contribution < -0.4 is 0 Å². The Morgan fingerprint density at radius 3 is 2.75 bits per heavy atom. The van der Waals surface area contributed by atoms with E-state index in [2.05, 4.69) is 17.1 Å². The van der Waals surface area contributed by atoms with Crippen molar-refractivity contribution in [1.29, 1.82) is 0 Å². The minimum atomic E-state index is -0.766. The first-order valence-corrected chi connectivity index (χ1v) is 8.40. The van der Waals surface area contributed by atoms with E-state index in [0.29, 0.717) is 5.92 Å². The van der Waals surface area contributed by atoms with Crippen LogP contribution in [0.2, 0.25) is 0 Å². The minimum Gasteiger partial charge on any atom is -0.481 e. The zero-order valence-electron chi connectivity index (χ0n) is 10.9. The maximum absolute atomic E-state index is 10.9. The molecule has 1 fully saturated rings. The number of carboxylic acid groups (broad SMARTS) is 1. The summed E-state index contributed by atoms with van der Waals surface area (Å²) in [5.74, 6) is 0.558. The van der Waals surface area contributed by atoms with Crippen LogP contribution in [0.25, 0.3) is 0 Å². The zero-order chi connectivity index (χ0) is 13.9. The third-order valence-corrected chi connectivity index (χ3v) is 5.43. The average molecular weight is 305 g/mol. The maximum Gasteiger partial charge on any atom is 0.308 e. The van der Waals surface area contributed by atoms with Gasteiger partial charge in [-0.1, -0.05) is 18.2 Å². The average Bonchev–Trinajstić information content (AvgIpc) is 3.20. The number of thiazole rings is 1. The van der Waals surface area contributed by atoms with Gasteiger partial charge >= 0.3 is 5.97 Å². The summed E-state index contributed by atoms with van der Waals surface area (Å²) in [5, 5.41) is 10.0. The van der Waals surface area contributed by atoms with Crippen molar-refractivity contribution < 1.29 is 9.90 Å². The third kappa shape index (κ3) is 3.41. The molecule has 1 aromatic heterocycles. The monoisotopic (exact) mass is 305 g/mol. The number of aliphatic carboxylic acids is 1. The Morgan fingerprint density at radius 2 is 2.10 bits per heavy atom. The van der Waals surface area contributed by atoms with Crippen LogP contribution >= 0.6 is 23.1 Å². The summed E-state index contributed by atoms with van der Waals surface area (Å²) in [6.07, 6.45) is 2.42. The molecule has 1 saturated carbocycles. The van der Waals surface area contributed by atoms with Crippen molar-refractivity contribution >= 4 is 29.1 Å². The molecule has 0 unspecified atom stereocenters. The topological polar surface area (TPSA) is 50.2 Å². The van der Waals surface area contributed by atoms with Crippen molar-refractivity contribution in [1.82, 2.24) is 4.98 Å². The number of thioether (sulfide) groups is 1. The van der Waals surface area contributed by atoms with Gasteiger partial charge in [-0.15, -0.1) is 23.1 Å². The summed E-state index contributed by atoms with van der Waals surface area (Å²) in [5.41, 5.74) is 1.04.